The summed E-state index contributed by atoms with van der Waals surface area (Å²) in [6.45, 7) is 7.05. The number of hydrogen-bond donors (Lipinski definition) is 1. The van der Waals surface area contributed by atoms with Crippen molar-refractivity contribution in [1.29, 1.82) is 0 Å². The summed E-state index contributed by atoms with van der Waals surface area (Å²) in [6.07, 6.45) is 1.04. The molecule has 0 aliphatic carbocycles. The molecule has 112 valence electrons. The molecule has 21 heavy (non-hydrogen) atoms. The number of aryl methyl sites for hydroxylation is 1. The lowest BCUT2D eigenvalue weighted by atomic mass is 10.1. The normalized spacial score (nSPS) is 12.2. The molecule has 0 aliphatic heterocycles. The van der Waals surface area contributed by atoms with Gasteiger partial charge in [0.15, 0.2) is 0 Å². The Balaban J connectivity index is 2.23. The lowest BCUT2D eigenvalue weighted by molar-refractivity contribution is 0.457. The molecule has 2 aromatic rings. The van der Waals surface area contributed by atoms with E-state index in [1.807, 2.05) is 38.1 Å². The second-order valence-corrected chi connectivity index (χ2v) is 5.27. The molecule has 0 bridgehead atoms. The van der Waals surface area contributed by atoms with Gasteiger partial charge in [-0.1, -0.05) is 24.6 Å². The maximum absolute atomic E-state index is 13.5. The van der Waals surface area contributed by atoms with E-state index in [2.05, 4.69) is 12.2 Å². The molecule has 0 amide bonds. The van der Waals surface area contributed by atoms with Gasteiger partial charge in [0.25, 0.3) is 0 Å². The maximum Gasteiger partial charge on any atom is 0.132 e. The van der Waals surface area contributed by atoms with Crippen LogP contribution in [0, 0.1) is 12.7 Å². The second kappa shape index (κ2) is 7.23. The monoisotopic (exact) mass is 287 g/mol. The zero-order valence-electron chi connectivity index (χ0n) is 12.8. The van der Waals surface area contributed by atoms with E-state index >= 15 is 0 Å². The van der Waals surface area contributed by atoms with Crippen LogP contribution in [0.25, 0.3) is 0 Å². The average Bonchev–Trinajstić information content (AvgIpc) is 2.49. The van der Waals surface area contributed by atoms with Gasteiger partial charge in [-0.2, -0.15) is 0 Å². The van der Waals surface area contributed by atoms with Crippen molar-refractivity contribution < 1.29 is 9.13 Å². The maximum atomic E-state index is 13.5. The van der Waals surface area contributed by atoms with E-state index in [0.717, 1.165) is 24.3 Å². The van der Waals surface area contributed by atoms with Gasteiger partial charge in [0.2, 0.25) is 0 Å². The Hall–Kier alpha value is -1.87. The Kier molecular flexibility index (Phi) is 5.34. The molecule has 0 radical (unpaired) electrons. The number of hydrogen-bond acceptors (Lipinski definition) is 2. The SMILES string of the molecule is CCCNC(C)c1cc(F)ccc1Oc1ccc(C)cc1. The van der Waals surface area contributed by atoms with Gasteiger partial charge < -0.3 is 10.1 Å². The number of rotatable bonds is 6. The highest BCUT2D eigenvalue weighted by atomic mass is 19.1. The number of benzene rings is 2. The van der Waals surface area contributed by atoms with E-state index in [9.17, 15) is 4.39 Å². The number of nitrogens with one attached hydrogen (secondary N) is 1. The van der Waals surface area contributed by atoms with Crippen LogP contribution < -0.4 is 10.1 Å². The van der Waals surface area contributed by atoms with E-state index in [-0.39, 0.29) is 11.9 Å². The Morgan fingerprint density at radius 3 is 2.52 bits per heavy atom. The van der Waals surface area contributed by atoms with Gasteiger partial charge in [0.05, 0.1) is 0 Å². The van der Waals surface area contributed by atoms with Crippen molar-refractivity contribution in [3.63, 3.8) is 0 Å². The molecule has 2 rings (SSSR count). The second-order valence-electron chi connectivity index (χ2n) is 5.27. The minimum atomic E-state index is -0.244. The van der Waals surface area contributed by atoms with Crippen molar-refractivity contribution in [3.8, 4) is 11.5 Å². The summed E-state index contributed by atoms with van der Waals surface area (Å²) in [5, 5.41) is 3.36. The summed E-state index contributed by atoms with van der Waals surface area (Å²) in [6, 6.07) is 12.5. The van der Waals surface area contributed by atoms with Gasteiger partial charge in [-0.25, -0.2) is 4.39 Å². The predicted molar refractivity (Wildman–Crippen MR) is 84.4 cm³/mol. The van der Waals surface area contributed by atoms with Gasteiger partial charge in [0.1, 0.15) is 17.3 Å². The van der Waals surface area contributed by atoms with Gasteiger partial charge in [-0.3, -0.25) is 0 Å². The van der Waals surface area contributed by atoms with Gasteiger partial charge in [-0.05, 0) is 57.1 Å². The molecule has 0 fully saturated rings. The number of ether oxygens (including phenoxy) is 1. The first-order valence-corrected chi connectivity index (χ1v) is 7.37. The standard InChI is InChI=1S/C18H22FNO/c1-4-11-20-14(3)17-12-15(19)7-10-18(17)21-16-8-5-13(2)6-9-16/h5-10,12,14,20H,4,11H2,1-3H3. The molecule has 0 heterocycles. The van der Waals surface area contributed by atoms with Crippen molar-refractivity contribution in [3.05, 3.63) is 59.4 Å². The molecule has 0 spiro atoms. The summed E-state index contributed by atoms with van der Waals surface area (Å²) in [5.74, 6) is 1.21. The fourth-order valence-electron chi connectivity index (χ4n) is 2.15. The van der Waals surface area contributed by atoms with Crippen molar-refractivity contribution in [1.82, 2.24) is 5.32 Å². The third-order valence-corrected chi connectivity index (χ3v) is 3.39. The van der Waals surface area contributed by atoms with Crippen molar-refractivity contribution in [2.75, 3.05) is 6.54 Å². The highest BCUT2D eigenvalue weighted by molar-refractivity contribution is 5.40. The van der Waals surface area contributed by atoms with Crippen molar-refractivity contribution in [2.45, 2.75) is 33.2 Å². The summed E-state index contributed by atoms with van der Waals surface area (Å²) < 4.78 is 19.5. The molecular weight excluding hydrogens is 265 g/mol. The molecular formula is C18H22FNO. The molecule has 3 heteroatoms. The Labute approximate surface area is 126 Å². The topological polar surface area (TPSA) is 21.3 Å². The Bertz CT molecular complexity index is 580. The molecule has 1 N–H and O–H groups in total. The van der Waals surface area contributed by atoms with Gasteiger partial charge in [0, 0.05) is 11.6 Å². The van der Waals surface area contributed by atoms with E-state index in [1.54, 1.807) is 6.07 Å². The third kappa shape index (κ3) is 4.30. The summed E-state index contributed by atoms with van der Waals surface area (Å²) >= 11 is 0. The highest BCUT2D eigenvalue weighted by Gasteiger charge is 2.13. The van der Waals surface area contributed by atoms with Crippen LogP contribution in [0.15, 0.2) is 42.5 Å². The molecule has 2 nitrogen and oxygen atoms in total. The molecule has 0 aliphatic rings. The smallest absolute Gasteiger partial charge is 0.132 e. The van der Waals surface area contributed by atoms with Crippen LogP contribution in [0.1, 0.15) is 37.4 Å². The van der Waals surface area contributed by atoms with Crippen molar-refractivity contribution >= 4 is 0 Å². The van der Waals surface area contributed by atoms with Crippen LogP contribution in [-0.4, -0.2) is 6.54 Å². The molecule has 0 saturated carbocycles. The van der Waals surface area contributed by atoms with E-state index in [1.165, 1.54) is 17.7 Å². The van der Waals surface area contributed by atoms with Crippen LogP contribution in [0.2, 0.25) is 0 Å². The third-order valence-electron chi connectivity index (χ3n) is 3.39. The first kappa shape index (κ1) is 15.5. The average molecular weight is 287 g/mol. The predicted octanol–water partition coefficient (Wildman–Crippen LogP) is 4.99. The van der Waals surface area contributed by atoms with E-state index < -0.39 is 0 Å². The lowest BCUT2D eigenvalue weighted by Crippen LogP contribution is -2.19. The van der Waals surface area contributed by atoms with Crippen LogP contribution in [-0.2, 0) is 0 Å². The first-order chi connectivity index (χ1) is 10.1. The first-order valence-electron chi connectivity index (χ1n) is 7.37. The Morgan fingerprint density at radius 2 is 1.86 bits per heavy atom. The minimum Gasteiger partial charge on any atom is -0.457 e. The molecule has 0 saturated heterocycles. The fourth-order valence-corrected chi connectivity index (χ4v) is 2.15. The molecule has 0 aromatic heterocycles. The Morgan fingerprint density at radius 1 is 1.14 bits per heavy atom. The van der Waals surface area contributed by atoms with Gasteiger partial charge >= 0.3 is 0 Å². The summed E-state index contributed by atoms with van der Waals surface area (Å²) in [5.41, 5.74) is 2.02. The van der Waals surface area contributed by atoms with Crippen LogP contribution in [0.5, 0.6) is 11.5 Å². The summed E-state index contributed by atoms with van der Waals surface area (Å²) in [7, 11) is 0. The largest absolute Gasteiger partial charge is 0.457 e. The van der Waals surface area contributed by atoms with Crippen LogP contribution in [0.3, 0.4) is 0 Å². The fraction of sp³-hybridized carbons (Fsp3) is 0.333. The van der Waals surface area contributed by atoms with Crippen molar-refractivity contribution in [2.24, 2.45) is 0 Å². The van der Waals surface area contributed by atoms with E-state index in [0.29, 0.717) is 5.75 Å². The van der Waals surface area contributed by atoms with Gasteiger partial charge in [-0.15, -0.1) is 0 Å². The highest BCUT2D eigenvalue weighted by Crippen LogP contribution is 2.30. The summed E-state index contributed by atoms with van der Waals surface area (Å²) in [4.78, 5) is 0. The zero-order chi connectivity index (χ0) is 15.2. The quantitative estimate of drug-likeness (QED) is 0.808. The van der Waals surface area contributed by atoms with Crippen LogP contribution >= 0.6 is 0 Å². The lowest BCUT2D eigenvalue weighted by Gasteiger charge is -2.18. The molecule has 1 unspecified atom stereocenters. The van der Waals surface area contributed by atoms with Crippen LogP contribution in [0.4, 0.5) is 4.39 Å². The molecule has 1 atom stereocenters. The minimum absolute atomic E-state index is 0.0427. The van der Waals surface area contributed by atoms with E-state index in [4.69, 9.17) is 4.74 Å². The zero-order valence-corrected chi connectivity index (χ0v) is 12.8. The molecule has 2 aromatic carbocycles. The number of halogens is 1.